The van der Waals surface area contributed by atoms with Crippen molar-refractivity contribution in [3.8, 4) is 16.9 Å². The van der Waals surface area contributed by atoms with E-state index in [4.69, 9.17) is 16.3 Å². The summed E-state index contributed by atoms with van der Waals surface area (Å²) in [5.41, 5.74) is 3.75. The average molecular weight is 470 g/mol. The van der Waals surface area contributed by atoms with Crippen molar-refractivity contribution >= 4 is 45.0 Å². The number of carbonyl (C=O) groups is 2. The summed E-state index contributed by atoms with van der Waals surface area (Å²) in [6, 6.07) is 8.08. The number of carbonyl (C=O) groups excluding carboxylic acids is 2. The van der Waals surface area contributed by atoms with E-state index in [0.717, 1.165) is 50.5 Å². The maximum absolute atomic E-state index is 12.1. The highest BCUT2D eigenvalue weighted by Gasteiger charge is 2.30. The number of fused-ring (bicyclic) bond motifs is 1. The van der Waals surface area contributed by atoms with Gasteiger partial charge in [-0.1, -0.05) is 11.6 Å². The molecule has 2 amide bonds. The molecule has 0 radical (unpaired) electrons. The first-order chi connectivity index (χ1) is 15.4. The minimum atomic E-state index is -0.110. The molecule has 1 N–H and O–H groups in total. The Labute approximate surface area is 195 Å². The molecule has 2 aliphatic heterocycles. The van der Waals surface area contributed by atoms with Crippen molar-refractivity contribution in [2.75, 3.05) is 6.54 Å². The summed E-state index contributed by atoms with van der Waals surface area (Å²) in [7, 11) is 0. The first kappa shape index (κ1) is 21.4. The van der Waals surface area contributed by atoms with Crippen molar-refractivity contribution in [2.45, 2.75) is 51.8 Å². The quantitative estimate of drug-likeness (QED) is 0.548. The average Bonchev–Trinajstić information content (AvgIpc) is 3.44. The molecule has 2 aliphatic rings. The van der Waals surface area contributed by atoms with Gasteiger partial charge in [0.05, 0.1) is 16.8 Å². The topological polar surface area (TPSA) is 71.5 Å². The van der Waals surface area contributed by atoms with Gasteiger partial charge in [0.1, 0.15) is 11.9 Å². The maximum Gasteiger partial charge on any atom is 0.230 e. The summed E-state index contributed by atoms with van der Waals surface area (Å²) < 4.78 is 7.51. The Morgan fingerprint density at radius 1 is 1.22 bits per heavy atom. The van der Waals surface area contributed by atoms with Crippen LogP contribution in [-0.2, 0) is 16.1 Å². The van der Waals surface area contributed by atoms with Crippen LogP contribution in [0.25, 0.3) is 21.3 Å². The number of imide groups is 1. The maximum atomic E-state index is 12.1. The smallest absolute Gasteiger partial charge is 0.230 e. The van der Waals surface area contributed by atoms with Gasteiger partial charge >= 0.3 is 0 Å². The number of nitrogens with zero attached hydrogens (tertiary/aromatic N) is 2. The molecule has 2 unspecified atom stereocenters. The molecule has 5 rings (SSSR count). The van der Waals surface area contributed by atoms with Crippen LogP contribution < -0.4 is 10.1 Å². The zero-order chi connectivity index (χ0) is 22.4. The van der Waals surface area contributed by atoms with E-state index in [9.17, 15) is 9.59 Å². The Morgan fingerprint density at radius 3 is 2.72 bits per heavy atom. The van der Waals surface area contributed by atoms with Crippen molar-refractivity contribution in [1.82, 2.24) is 15.2 Å². The SMILES string of the molecule is Cc1cc(Cl)cc(-c2ccnc3cc(CN4C(=O)CCC4=O)sc23)c1OC1CCNC1C. The zero-order valence-corrected chi connectivity index (χ0v) is 19.6. The molecule has 0 saturated carbocycles. The number of rotatable bonds is 5. The number of nitrogens with one attached hydrogen (secondary N) is 1. The van der Waals surface area contributed by atoms with Gasteiger partial charge in [-0.3, -0.25) is 19.5 Å². The van der Waals surface area contributed by atoms with Gasteiger partial charge in [-0.25, -0.2) is 0 Å². The predicted octanol–water partition coefficient (Wildman–Crippen LogP) is 4.70. The van der Waals surface area contributed by atoms with E-state index in [1.165, 1.54) is 4.90 Å². The number of hydrogen-bond donors (Lipinski definition) is 1. The van der Waals surface area contributed by atoms with Gasteiger partial charge in [0.2, 0.25) is 11.8 Å². The lowest BCUT2D eigenvalue weighted by Crippen LogP contribution is -2.31. The predicted molar refractivity (Wildman–Crippen MR) is 126 cm³/mol. The summed E-state index contributed by atoms with van der Waals surface area (Å²) in [6.07, 6.45) is 3.42. The standard InChI is InChI=1S/C24H24ClN3O3S/c1-13-9-15(25)10-18(23(13)31-20-6-8-26-14(20)2)17-5-7-27-19-11-16(32-24(17)19)12-28-21(29)3-4-22(28)30/h5,7,9-11,14,20,26H,3-4,6,8,12H2,1-2H3. The Morgan fingerprint density at radius 2 is 2.00 bits per heavy atom. The Kier molecular flexibility index (Phi) is 5.65. The lowest BCUT2D eigenvalue weighted by molar-refractivity contribution is -0.138. The van der Waals surface area contributed by atoms with E-state index in [0.29, 0.717) is 24.4 Å². The van der Waals surface area contributed by atoms with Crippen molar-refractivity contribution in [1.29, 1.82) is 0 Å². The minimum Gasteiger partial charge on any atom is -0.488 e. The van der Waals surface area contributed by atoms with E-state index < -0.39 is 0 Å². The molecule has 4 heterocycles. The molecule has 32 heavy (non-hydrogen) atoms. The number of thiophene rings is 1. The third kappa shape index (κ3) is 3.89. The van der Waals surface area contributed by atoms with Gasteiger partial charge < -0.3 is 10.1 Å². The van der Waals surface area contributed by atoms with Crippen molar-refractivity contribution in [3.05, 3.63) is 45.9 Å². The van der Waals surface area contributed by atoms with Gasteiger partial charge in [-0.05, 0) is 56.6 Å². The van der Waals surface area contributed by atoms with E-state index >= 15 is 0 Å². The molecule has 2 saturated heterocycles. The van der Waals surface area contributed by atoms with Crippen LogP contribution in [0.4, 0.5) is 0 Å². The second kappa shape index (κ2) is 8.46. The lowest BCUT2D eigenvalue weighted by atomic mass is 10.0. The molecule has 3 aromatic rings. The lowest BCUT2D eigenvalue weighted by Gasteiger charge is -2.22. The van der Waals surface area contributed by atoms with E-state index in [2.05, 4.69) is 17.2 Å². The first-order valence-corrected chi connectivity index (χ1v) is 12.0. The van der Waals surface area contributed by atoms with Crippen molar-refractivity contribution in [3.63, 3.8) is 0 Å². The summed E-state index contributed by atoms with van der Waals surface area (Å²) in [5.74, 6) is 0.615. The molecular formula is C24H24ClN3O3S. The fourth-order valence-electron chi connectivity index (χ4n) is 4.47. The monoisotopic (exact) mass is 469 g/mol. The van der Waals surface area contributed by atoms with Crippen LogP contribution >= 0.6 is 22.9 Å². The van der Waals surface area contributed by atoms with Crippen LogP contribution in [0.15, 0.2) is 30.5 Å². The number of amides is 2. The molecule has 2 fully saturated rings. The Balaban J connectivity index is 1.56. The third-order valence-corrected chi connectivity index (χ3v) is 7.54. The van der Waals surface area contributed by atoms with Crippen molar-refractivity contribution < 1.29 is 14.3 Å². The number of benzene rings is 1. The summed E-state index contributed by atoms with van der Waals surface area (Å²) in [4.78, 5) is 30.9. The van der Waals surface area contributed by atoms with Crippen LogP contribution in [0.2, 0.25) is 5.02 Å². The largest absolute Gasteiger partial charge is 0.488 e. The van der Waals surface area contributed by atoms with Crippen LogP contribution in [0, 0.1) is 6.92 Å². The normalized spacial score (nSPS) is 21.2. The van der Waals surface area contributed by atoms with Crippen LogP contribution in [-0.4, -0.2) is 40.4 Å². The first-order valence-electron chi connectivity index (χ1n) is 10.8. The number of halogens is 1. The second-order valence-corrected chi connectivity index (χ2v) is 10.0. The molecule has 8 heteroatoms. The fourth-order valence-corrected chi connectivity index (χ4v) is 5.87. The molecule has 0 aliphatic carbocycles. The van der Waals surface area contributed by atoms with Crippen molar-refractivity contribution in [2.24, 2.45) is 0 Å². The summed E-state index contributed by atoms with van der Waals surface area (Å²) in [5, 5.41) is 4.09. The highest BCUT2D eigenvalue weighted by Crippen LogP contribution is 2.42. The molecule has 2 aromatic heterocycles. The van der Waals surface area contributed by atoms with Gasteiger partial charge in [-0.2, -0.15) is 0 Å². The van der Waals surface area contributed by atoms with Crippen LogP contribution in [0.5, 0.6) is 5.75 Å². The van der Waals surface area contributed by atoms with Crippen LogP contribution in [0.3, 0.4) is 0 Å². The molecule has 0 spiro atoms. The summed E-state index contributed by atoms with van der Waals surface area (Å²) >= 11 is 8.01. The number of hydrogen-bond acceptors (Lipinski definition) is 6. The number of aryl methyl sites for hydroxylation is 1. The van der Waals surface area contributed by atoms with E-state index in [1.54, 1.807) is 17.5 Å². The highest BCUT2D eigenvalue weighted by atomic mass is 35.5. The molecular weight excluding hydrogens is 446 g/mol. The molecule has 6 nitrogen and oxygen atoms in total. The number of aromatic nitrogens is 1. The molecule has 2 atom stereocenters. The third-order valence-electron chi connectivity index (χ3n) is 6.18. The second-order valence-electron chi connectivity index (χ2n) is 8.45. The number of pyridine rings is 1. The van der Waals surface area contributed by atoms with Gasteiger partial charge in [0.25, 0.3) is 0 Å². The molecule has 166 valence electrons. The Hall–Kier alpha value is -2.48. The van der Waals surface area contributed by atoms with Gasteiger partial charge in [0.15, 0.2) is 0 Å². The Bertz CT molecular complexity index is 1210. The van der Waals surface area contributed by atoms with E-state index in [-0.39, 0.29) is 24.0 Å². The molecule has 1 aromatic carbocycles. The minimum absolute atomic E-state index is 0.0945. The summed E-state index contributed by atoms with van der Waals surface area (Å²) in [6.45, 7) is 5.39. The van der Waals surface area contributed by atoms with E-state index in [1.807, 2.05) is 31.2 Å². The van der Waals surface area contributed by atoms with Gasteiger partial charge in [-0.15, -0.1) is 11.3 Å². The van der Waals surface area contributed by atoms with Gasteiger partial charge in [0, 0.05) is 46.1 Å². The zero-order valence-electron chi connectivity index (χ0n) is 18.0. The fraction of sp³-hybridized carbons (Fsp3) is 0.375. The van der Waals surface area contributed by atoms with Crippen LogP contribution in [0.1, 0.15) is 36.6 Å². The number of likely N-dealkylation sites (tertiary alicyclic amines) is 1. The number of ether oxygens (including phenoxy) is 1. The highest BCUT2D eigenvalue weighted by molar-refractivity contribution is 7.19. The molecule has 0 bridgehead atoms.